The summed E-state index contributed by atoms with van der Waals surface area (Å²) >= 11 is 0. The van der Waals surface area contributed by atoms with Gasteiger partial charge in [-0.2, -0.15) is 8.78 Å². The number of alkyl halides is 2. The Labute approximate surface area is 168 Å². The number of nitrogens with one attached hydrogen (secondary N) is 2. The van der Waals surface area contributed by atoms with Crippen LogP contribution in [0.4, 0.5) is 8.78 Å². The summed E-state index contributed by atoms with van der Waals surface area (Å²) in [6.45, 7) is 2.27. The number of aryl methyl sites for hydroxylation is 2. The van der Waals surface area contributed by atoms with Crippen LogP contribution in [0.3, 0.4) is 0 Å². The van der Waals surface area contributed by atoms with Gasteiger partial charge in [0.1, 0.15) is 12.1 Å². The van der Waals surface area contributed by atoms with Crippen molar-refractivity contribution in [2.45, 2.75) is 33.5 Å². The number of rotatable bonds is 7. The fraction of sp³-hybridized carbons (Fsp3) is 0.438. The fourth-order valence-corrected chi connectivity index (χ4v) is 2.18. The number of halogens is 3. The van der Waals surface area contributed by atoms with Gasteiger partial charge in [-0.1, -0.05) is 17.7 Å². The Morgan fingerprint density at radius 1 is 1.35 bits per heavy atom. The predicted molar refractivity (Wildman–Crippen MR) is 106 cm³/mol. The van der Waals surface area contributed by atoms with E-state index in [9.17, 15) is 8.78 Å². The van der Waals surface area contributed by atoms with Crippen LogP contribution in [-0.2, 0) is 20.1 Å². The minimum Gasteiger partial charge on any atom is -0.434 e. The van der Waals surface area contributed by atoms with Gasteiger partial charge in [-0.15, -0.1) is 34.2 Å². The quantitative estimate of drug-likeness (QED) is 0.362. The number of hydrogen-bond donors (Lipinski definition) is 2. The van der Waals surface area contributed by atoms with Gasteiger partial charge in [0.05, 0.1) is 13.1 Å². The number of nitrogens with zero attached hydrogens (tertiary/aromatic N) is 4. The molecule has 0 aliphatic carbocycles. The lowest BCUT2D eigenvalue weighted by atomic mass is 10.1. The number of aromatic nitrogens is 3. The van der Waals surface area contributed by atoms with Crippen LogP contribution in [0.25, 0.3) is 0 Å². The monoisotopic (exact) mass is 480 g/mol. The van der Waals surface area contributed by atoms with Crippen molar-refractivity contribution < 1.29 is 13.5 Å². The van der Waals surface area contributed by atoms with Gasteiger partial charge in [0.2, 0.25) is 0 Å². The van der Waals surface area contributed by atoms with Crippen molar-refractivity contribution in [1.29, 1.82) is 0 Å². The molecule has 144 valence electrons. The average molecular weight is 480 g/mol. The van der Waals surface area contributed by atoms with E-state index >= 15 is 0 Å². The molecule has 7 nitrogen and oxygen atoms in total. The lowest BCUT2D eigenvalue weighted by Crippen LogP contribution is -2.37. The lowest BCUT2D eigenvalue weighted by Gasteiger charge is -2.13. The van der Waals surface area contributed by atoms with Gasteiger partial charge < -0.3 is 19.9 Å². The van der Waals surface area contributed by atoms with E-state index in [0.717, 1.165) is 11.4 Å². The molecule has 0 spiro atoms. The number of aliphatic imine (C=N–C) groups is 1. The Morgan fingerprint density at radius 2 is 2.12 bits per heavy atom. The van der Waals surface area contributed by atoms with Crippen molar-refractivity contribution in [3.63, 3.8) is 0 Å². The molecule has 0 aliphatic heterocycles. The van der Waals surface area contributed by atoms with Crippen LogP contribution in [0.1, 0.15) is 23.9 Å². The van der Waals surface area contributed by atoms with Crippen molar-refractivity contribution in [2.75, 3.05) is 6.54 Å². The molecule has 1 aromatic carbocycles. The molecule has 0 atom stereocenters. The third-order valence-corrected chi connectivity index (χ3v) is 3.40. The van der Waals surface area contributed by atoms with Gasteiger partial charge in [0, 0.05) is 19.2 Å². The first-order chi connectivity index (χ1) is 12.0. The molecule has 0 saturated heterocycles. The van der Waals surface area contributed by atoms with Crippen LogP contribution in [0.15, 0.2) is 29.5 Å². The van der Waals surface area contributed by atoms with E-state index in [-0.39, 0.29) is 36.3 Å². The van der Waals surface area contributed by atoms with Crippen molar-refractivity contribution in [3.8, 4) is 5.75 Å². The second kappa shape index (κ2) is 10.9. The van der Waals surface area contributed by atoms with E-state index in [1.807, 2.05) is 20.9 Å². The number of guanidine groups is 1. The van der Waals surface area contributed by atoms with Crippen molar-refractivity contribution in [2.24, 2.45) is 12.0 Å². The van der Waals surface area contributed by atoms with E-state index in [0.29, 0.717) is 24.6 Å². The van der Waals surface area contributed by atoms with E-state index in [1.54, 1.807) is 23.0 Å². The summed E-state index contributed by atoms with van der Waals surface area (Å²) in [5.41, 5.74) is 1.54. The number of ether oxygens (including phenoxy) is 1. The topological polar surface area (TPSA) is 76.4 Å². The van der Waals surface area contributed by atoms with Crippen molar-refractivity contribution in [3.05, 3.63) is 41.5 Å². The smallest absolute Gasteiger partial charge is 0.387 e. The molecule has 2 aromatic rings. The van der Waals surface area contributed by atoms with Gasteiger partial charge in [-0.3, -0.25) is 0 Å². The number of hydrogen-bond acceptors (Lipinski definition) is 4. The fourth-order valence-electron chi connectivity index (χ4n) is 2.18. The molecule has 0 bridgehead atoms. The van der Waals surface area contributed by atoms with Crippen molar-refractivity contribution in [1.82, 2.24) is 25.4 Å². The molecule has 2 rings (SSSR count). The second-order valence-corrected chi connectivity index (χ2v) is 5.40. The second-order valence-electron chi connectivity index (χ2n) is 5.40. The molecular formula is C16H23F2IN6O. The first-order valence-corrected chi connectivity index (χ1v) is 7.89. The third-order valence-electron chi connectivity index (χ3n) is 3.40. The molecule has 1 heterocycles. The molecule has 26 heavy (non-hydrogen) atoms. The first-order valence-electron chi connectivity index (χ1n) is 7.89. The lowest BCUT2D eigenvalue weighted by molar-refractivity contribution is -0.0504. The van der Waals surface area contributed by atoms with E-state index in [1.165, 1.54) is 6.07 Å². The molecule has 0 radical (unpaired) electrons. The molecule has 0 amide bonds. The van der Waals surface area contributed by atoms with Gasteiger partial charge >= 0.3 is 6.61 Å². The molecule has 0 unspecified atom stereocenters. The molecule has 1 aromatic heterocycles. The summed E-state index contributed by atoms with van der Waals surface area (Å²) in [5.74, 6) is 1.44. The molecule has 0 fully saturated rings. The van der Waals surface area contributed by atoms with E-state index in [2.05, 4.69) is 30.6 Å². The van der Waals surface area contributed by atoms with Gasteiger partial charge in [-0.25, -0.2) is 4.99 Å². The Kier molecular flexibility index (Phi) is 9.24. The zero-order chi connectivity index (χ0) is 18.2. The summed E-state index contributed by atoms with van der Waals surface area (Å²) in [5, 5.41) is 14.0. The Morgan fingerprint density at radius 3 is 2.73 bits per heavy atom. The first kappa shape index (κ1) is 22.1. The van der Waals surface area contributed by atoms with Crippen molar-refractivity contribution >= 4 is 29.9 Å². The maximum Gasteiger partial charge on any atom is 0.387 e. The molecule has 0 aliphatic rings. The van der Waals surface area contributed by atoms with Crippen LogP contribution < -0.4 is 15.4 Å². The zero-order valence-electron chi connectivity index (χ0n) is 14.9. The summed E-state index contributed by atoms with van der Waals surface area (Å²) in [4.78, 5) is 4.43. The summed E-state index contributed by atoms with van der Waals surface area (Å²) in [6.07, 6.45) is 1.61. The molecule has 2 N–H and O–H groups in total. The highest BCUT2D eigenvalue weighted by Crippen LogP contribution is 2.22. The van der Waals surface area contributed by atoms with Crippen LogP contribution in [-0.4, -0.2) is 33.9 Å². The Balaban J connectivity index is 0.00000338. The highest BCUT2D eigenvalue weighted by molar-refractivity contribution is 14.0. The highest BCUT2D eigenvalue weighted by Gasteiger charge is 2.10. The van der Waals surface area contributed by atoms with Gasteiger partial charge in [0.15, 0.2) is 11.8 Å². The average Bonchev–Trinajstić information content (AvgIpc) is 2.97. The predicted octanol–water partition coefficient (Wildman–Crippen LogP) is 2.60. The van der Waals surface area contributed by atoms with Gasteiger partial charge in [0.25, 0.3) is 0 Å². The van der Waals surface area contributed by atoms with E-state index in [4.69, 9.17) is 0 Å². The minimum atomic E-state index is -2.87. The standard InChI is InChI=1S/C16H22F2N6O.HI/c1-4-19-16(21-9-14-23-22-10-24(14)3)20-8-12-7-11(2)5-6-13(12)25-15(17)18;/h5-7,10,15H,4,8-9H2,1-3H3,(H2,19,20,21);1H. The molecule has 0 saturated carbocycles. The van der Waals surface area contributed by atoms with Crippen LogP contribution in [0.5, 0.6) is 5.75 Å². The molecule has 10 heteroatoms. The third kappa shape index (κ3) is 6.73. The van der Waals surface area contributed by atoms with Crippen LogP contribution in [0.2, 0.25) is 0 Å². The van der Waals surface area contributed by atoms with Gasteiger partial charge in [-0.05, 0) is 19.9 Å². The number of benzene rings is 1. The summed E-state index contributed by atoms with van der Waals surface area (Å²) in [7, 11) is 1.85. The molecular weight excluding hydrogens is 457 g/mol. The minimum absolute atomic E-state index is 0. The largest absolute Gasteiger partial charge is 0.434 e. The highest BCUT2D eigenvalue weighted by atomic mass is 127. The van der Waals surface area contributed by atoms with E-state index < -0.39 is 6.61 Å². The normalized spacial score (nSPS) is 11.2. The summed E-state index contributed by atoms with van der Waals surface area (Å²) < 4.78 is 31.4. The maximum absolute atomic E-state index is 12.5. The SMILES string of the molecule is CCNC(=NCc1cc(C)ccc1OC(F)F)NCc1nncn1C.I. The zero-order valence-corrected chi connectivity index (χ0v) is 17.2. The maximum atomic E-state index is 12.5. The van der Waals surface area contributed by atoms with Crippen LogP contribution >= 0.6 is 24.0 Å². The summed E-state index contributed by atoms with van der Waals surface area (Å²) in [6, 6.07) is 5.04. The Hall–Kier alpha value is -1.98. The van der Waals surface area contributed by atoms with Crippen LogP contribution in [0, 0.1) is 6.92 Å². The Bertz CT molecular complexity index is 723.